The summed E-state index contributed by atoms with van der Waals surface area (Å²) in [5, 5.41) is 12.5. The van der Waals surface area contributed by atoms with E-state index in [9.17, 15) is 12.8 Å². The first-order chi connectivity index (χ1) is 10.8. The number of nitrogens with one attached hydrogen (secondary N) is 1. The van der Waals surface area contributed by atoms with Gasteiger partial charge in [0, 0.05) is 25.2 Å². The number of hydrogen-bond acceptors (Lipinski definition) is 4. The van der Waals surface area contributed by atoms with Gasteiger partial charge in [-0.25, -0.2) is 17.9 Å². The molecule has 124 valence electrons. The topological polar surface area (TPSA) is 90.0 Å². The highest BCUT2D eigenvalue weighted by molar-refractivity contribution is 7.89. The van der Waals surface area contributed by atoms with Crippen molar-refractivity contribution in [2.75, 3.05) is 0 Å². The lowest BCUT2D eigenvalue weighted by molar-refractivity contribution is 0.288. The quantitative estimate of drug-likeness (QED) is 0.858. The number of aryl methyl sites for hydroxylation is 1. The first kappa shape index (κ1) is 16.1. The largest absolute Gasteiger partial charge is 0.310 e. The summed E-state index contributed by atoms with van der Waals surface area (Å²) < 4.78 is 37.4. The van der Waals surface area contributed by atoms with Gasteiger partial charge in [0.2, 0.25) is 0 Å². The number of aromatic nitrogens is 2. The monoisotopic (exact) mass is 338 g/mol. The number of hydrogen-bond donors (Lipinski definition) is 2. The second-order valence-corrected chi connectivity index (χ2v) is 7.42. The fourth-order valence-corrected chi connectivity index (χ4v) is 3.91. The normalized spacial score (nSPS) is 21.2. The average Bonchev–Trinajstić information content (AvgIpc) is 2.80. The standard InChI is InChI=1S/C15H19FN4O2S/c1-20-15(23(17,21)22)12(9-19-20)8-18-14-6-11(7-14)10-2-4-13(16)5-3-10/h2-5,9,11,14,18H,6-8H2,1H3,(H2,17,21,22). The predicted molar refractivity (Wildman–Crippen MR) is 83.6 cm³/mol. The average molecular weight is 338 g/mol. The smallest absolute Gasteiger partial charge is 0.255 e. The highest BCUT2D eigenvalue weighted by atomic mass is 32.2. The van der Waals surface area contributed by atoms with Crippen molar-refractivity contribution in [3.63, 3.8) is 0 Å². The van der Waals surface area contributed by atoms with Crippen molar-refractivity contribution in [3.05, 3.63) is 47.4 Å². The van der Waals surface area contributed by atoms with Crippen LogP contribution in [0, 0.1) is 5.82 Å². The highest BCUT2D eigenvalue weighted by Crippen LogP contribution is 2.37. The first-order valence-electron chi connectivity index (χ1n) is 7.37. The molecular weight excluding hydrogens is 319 g/mol. The lowest BCUT2D eigenvalue weighted by atomic mass is 9.76. The van der Waals surface area contributed by atoms with Crippen LogP contribution in [0.5, 0.6) is 0 Å². The molecule has 1 saturated carbocycles. The summed E-state index contributed by atoms with van der Waals surface area (Å²) in [6, 6.07) is 6.89. The molecule has 2 aromatic rings. The third kappa shape index (κ3) is 3.44. The van der Waals surface area contributed by atoms with E-state index in [0.29, 0.717) is 24.1 Å². The van der Waals surface area contributed by atoms with E-state index in [1.54, 1.807) is 7.05 Å². The number of nitrogens with two attached hydrogens (primary N) is 1. The van der Waals surface area contributed by atoms with Crippen molar-refractivity contribution in [1.82, 2.24) is 15.1 Å². The Kier molecular flexibility index (Phi) is 4.22. The Hall–Kier alpha value is -1.77. The van der Waals surface area contributed by atoms with Gasteiger partial charge in [-0.3, -0.25) is 4.68 Å². The van der Waals surface area contributed by atoms with Crippen LogP contribution in [0.15, 0.2) is 35.5 Å². The van der Waals surface area contributed by atoms with Crippen LogP contribution >= 0.6 is 0 Å². The van der Waals surface area contributed by atoms with Gasteiger partial charge in [-0.15, -0.1) is 0 Å². The summed E-state index contributed by atoms with van der Waals surface area (Å²) in [4.78, 5) is 0. The third-order valence-electron chi connectivity index (χ3n) is 4.29. The lowest BCUT2D eigenvalue weighted by Gasteiger charge is -2.36. The summed E-state index contributed by atoms with van der Waals surface area (Å²) in [6.45, 7) is 0.403. The minimum absolute atomic E-state index is 0.0411. The van der Waals surface area contributed by atoms with Crippen molar-refractivity contribution in [1.29, 1.82) is 0 Å². The third-order valence-corrected chi connectivity index (χ3v) is 5.35. The number of rotatable bonds is 5. The van der Waals surface area contributed by atoms with Crippen LogP contribution in [0.3, 0.4) is 0 Å². The van der Waals surface area contributed by atoms with Gasteiger partial charge in [-0.05, 0) is 36.5 Å². The van der Waals surface area contributed by atoms with Gasteiger partial charge in [-0.2, -0.15) is 5.10 Å². The van der Waals surface area contributed by atoms with Crippen LogP contribution in [-0.2, 0) is 23.6 Å². The second-order valence-electron chi connectivity index (χ2n) is 5.94. The zero-order valence-electron chi connectivity index (χ0n) is 12.7. The van der Waals surface area contributed by atoms with Crippen molar-refractivity contribution in [3.8, 4) is 0 Å². The lowest BCUT2D eigenvalue weighted by Crippen LogP contribution is -2.39. The minimum Gasteiger partial charge on any atom is -0.310 e. The number of benzene rings is 1. The first-order valence-corrected chi connectivity index (χ1v) is 8.91. The molecule has 0 radical (unpaired) electrons. The molecule has 6 nitrogen and oxygen atoms in total. The SMILES string of the molecule is Cn1ncc(CNC2CC(c3ccc(F)cc3)C2)c1S(N)(=O)=O. The van der Waals surface area contributed by atoms with Crippen molar-refractivity contribution in [2.24, 2.45) is 12.2 Å². The molecule has 1 aliphatic carbocycles. The van der Waals surface area contributed by atoms with Gasteiger partial charge in [0.25, 0.3) is 10.0 Å². The molecule has 1 aromatic carbocycles. The maximum absolute atomic E-state index is 12.9. The Morgan fingerprint density at radius 1 is 1.35 bits per heavy atom. The molecule has 1 aliphatic rings. The van der Waals surface area contributed by atoms with E-state index in [-0.39, 0.29) is 10.8 Å². The molecule has 0 bridgehead atoms. The minimum atomic E-state index is -3.79. The summed E-state index contributed by atoms with van der Waals surface area (Å²) in [5.41, 5.74) is 1.70. The fraction of sp³-hybridized carbons (Fsp3) is 0.400. The summed E-state index contributed by atoms with van der Waals surface area (Å²) >= 11 is 0. The number of sulfonamides is 1. The zero-order chi connectivity index (χ0) is 16.6. The summed E-state index contributed by atoms with van der Waals surface area (Å²) in [5.74, 6) is 0.189. The van der Waals surface area contributed by atoms with Crippen molar-refractivity contribution >= 4 is 10.0 Å². The Bertz CT molecular complexity index is 795. The molecule has 1 fully saturated rings. The Morgan fingerprint density at radius 2 is 2.00 bits per heavy atom. The van der Waals surface area contributed by atoms with E-state index < -0.39 is 10.0 Å². The predicted octanol–water partition coefficient (Wildman–Crippen LogP) is 1.24. The molecule has 0 aliphatic heterocycles. The van der Waals surface area contributed by atoms with Gasteiger partial charge in [0.15, 0.2) is 5.03 Å². The number of primary sulfonamides is 1. The molecule has 23 heavy (non-hydrogen) atoms. The molecule has 8 heteroatoms. The van der Waals surface area contributed by atoms with E-state index in [1.807, 2.05) is 12.1 Å². The Morgan fingerprint density at radius 3 is 2.61 bits per heavy atom. The fourth-order valence-electron chi connectivity index (χ4n) is 3.01. The maximum atomic E-state index is 12.9. The molecule has 3 N–H and O–H groups in total. The molecule has 0 spiro atoms. The number of halogens is 1. The molecule has 3 rings (SSSR count). The van der Waals surface area contributed by atoms with E-state index >= 15 is 0 Å². The highest BCUT2D eigenvalue weighted by Gasteiger charge is 2.30. The van der Waals surface area contributed by atoms with Gasteiger partial charge in [0.1, 0.15) is 5.82 Å². The van der Waals surface area contributed by atoms with E-state index in [1.165, 1.54) is 23.0 Å². The van der Waals surface area contributed by atoms with Gasteiger partial charge < -0.3 is 5.32 Å². The molecule has 1 heterocycles. The van der Waals surface area contributed by atoms with Gasteiger partial charge in [-0.1, -0.05) is 12.1 Å². The Balaban J connectivity index is 1.57. The van der Waals surface area contributed by atoms with E-state index in [2.05, 4.69) is 10.4 Å². The number of nitrogens with zero attached hydrogens (tertiary/aromatic N) is 2. The molecule has 0 unspecified atom stereocenters. The zero-order valence-corrected chi connectivity index (χ0v) is 13.6. The van der Waals surface area contributed by atoms with Crippen molar-refractivity contribution in [2.45, 2.75) is 36.4 Å². The molecular formula is C15H19FN4O2S. The molecule has 0 atom stereocenters. The second kappa shape index (κ2) is 6.03. The molecule has 0 amide bonds. The van der Waals surface area contributed by atoms with Gasteiger partial charge in [0.05, 0.1) is 6.20 Å². The van der Waals surface area contributed by atoms with Gasteiger partial charge >= 0.3 is 0 Å². The Labute approximate surface area is 134 Å². The summed E-state index contributed by atoms with van der Waals surface area (Å²) in [7, 11) is -2.24. The van der Waals surface area contributed by atoms with E-state index in [0.717, 1.165) is 18.4 Å². The van der Waals surface area contributed by atoms with Crippen molar-refractivity contribution < 1.29 is 12.8 Å². The molecule has 1 aromatic heterocycles. The van der Waals surface area contributed by atoms with Crippen LogP contribution < -0.4 is 10.5 Å². The summed E-state index contributed by atoms with van der Waals surface area (Å²) in [6.07, 6.45) is 3.40. The maximum Gasteiger partial charge on any atom is 0.255 e. The van der Waals surface area contributed by atoms with Crippen LogP contribution in [0.1, 0.15) is 29.9 Å². The van der Waals surface area contributed by atoms with Crippen LogP contribution in [-0.4, -0.2) is 24.2 Å². The van der Waals surface area contributed by atoms with Crippen LogP contribution in [0.2, 0.25) is 0 Å². The molecule has 0 saturated heterocycles. The van der Waals surface area contributed by atoms with Crippen LogP contribution in [0.4, 0.5) is 4.39 Å². The van der Waals surface area contributed by atoms with Crippen LogP contribution in [0.25, 0.3) is 0 Å². The van der Waals surface area contributed by atoms with E-state index in [4.69, 9.17) is 5.14 Å².